The van der Waals surface area contributed by atoms with Gasteiger partial charge in [0.05, 0.1) is 27.3 Å². The van der Waals surface area contributed by atoms with Gasteiger partial charge in [0.1, 0.15) is 5.69 Å². The van der Waals surface area contributed by atoms with Gasteiger partial charge in [-0.05, 0) is 49.4 Å². The number of hydrogen-bond acceptors (Lipinski definition) is 4. The van der Waals surface area contributed by atoms with Crippen LogP contribution >= 0.6 is 27.3 Å². The molecule has 0 N–H and O–H groups in total. The topological polar surface area (TPSA) is 48.5 Å². The lowest BCUT2D eigenvalue weighted by molar-refractivity contribution is 0.879. The van der Waals surface area contributed by atoms with Gasteiger partial charge in [-0.3, -0.25) is 0 Å². The predicted molar refractivity (Wildman–Crippen MR) is 163 cm³/mol. The molecule has 39 heavy (non-hydrogen) atoms. The van der Waals surface area contributed by atoms with E-state index in [1.54, 1.807) is 11.3 Å². The third-order valence-corrected chi connectivity index (χ3v) is 8.19. The second-order valence-corrected chi connectivity index (χ2v) is 11.3. The van der Waals surface area contributed by atoms with Crippen LogP contribution in [0.5, 0.6) is 0 Å². The number of hydrogen-bond donors (Lipinski definition) is 0. The molecule has 7 heteroatoms. The van der Waals surface area contributed by atoms with E-state index in [9.17, 15) is 0 Å². The molecule has 7 rings (SSSR count). The van der Waals surface area contributed by atoms with Crippen molar-refractivity contribution in [1.82, 2.24) is 24.5 Å². The highest BCUT2D eigenvalue weighted by Gasteiger charge is 2.22. The van der Waals surface area contributed by atoms with Crippen molar-refractivity contribution < 1.29 is 0 Å². The van der Waals surface area contributed by atoms with Crippen LogP contribution in [-0.4, -0.2) is 24.5 Å². The van der Waals surface area contributed by atoms with Crippen molar-refractivity contribution in [3.05, 3.63) is 125 Å². The molecular formula is C32H22BrN5S. The molecule has 3 aromatic heterocycles. The molecule has 4 aromatic carbocycles. The maximum absolute atomic E-state index is 5.10. The Morgan fingerprint density at radius 3 is 2.23 bits per heavy atom. The third-order valence-electron chi connectivity index (χ3n) is 6.65. The zero-order valence-electron chi connectivity index (χ0n) is 21.0. The fraction of sp³-hybridized carbons (Fsp3) is 0.0312. The van der Waals surface area contributed by atoms with Crippen LogP contribution in [0.4, 0.5) is 0 Å². The quantitative estimate of drug-likeness (QED) is 0.202. The first kappa shape index (κ1) is 23.8. The lowest BCUT2D eigenvalue weighted by Crippen LogP contribution is -1.99. The van der Waals surface area contributed by atoms with Crippen LogP contribution in [0.15, 0.2) is 120 Å². The number of thiazole rings is 1. The summed E-state index contributed by atoms with van der Waals surface area (Å²) in [5.41, 5.74) is 8.93. The van der Waals surface area contributed by atoms with Crippen LogP contribution in [0.25, 0.3) is 54.8 Å². The Morgan fingerprint density at radius 2 is 1.46 bits per heavy atom. The van der Waals surface area contributed by atoms with Crippen molar-refractivity contribution >= 4 is 37.5 Å². The van der Waals surface area contributed by atoms with E-state index < -0.39 is 0 Å². The second-order valence-electron chi connectivity index (χ2n) is 9.34. The van der Waals surface area contributed by atoms with E-state index >= 15 is 0 Å². The summed E-state index contributed by atoms with van der Waals surface area (Å²) in [7, 11) is 0. The summed E-state index contributed by atoms with van der Waals surface area (Å²) < 4.78 is 6.05. The van der Waals surface area contributed by atoms with Crippen molar-refractivity contribution in [2.24, 2.45) is 0 Å². The standard InChI is InChI=1S/C32H22BrN5S/c1-21-11-13-22(14-12-21)28-19-29(38(35-28)32-34-27-9-5-6-10-30(27)39-32)26-20-37(25-7-3-2-4-8-25)36-31(26)23-15-17-24(33)18-16-23/h2-20H,1H3. The molecule has 3 heterocycles. The minimum atomic E-state index is 0.818. The molecule has 0 radical (unpaired) electrons. The number of halogens is 1. The molecule has 0 aliphatic carbocycles. The van der Waals surface area contributed by atoms with E-state index in [0.29, 0.717) is 0 Å². The molecule has 0 atom stereocenters. The Morgan fingerprint density at radius 1 is 0.744 bits per heavy atom. The van der Waals surface area contributed by atoms with Gasteiger partial charge in [-0.1, -0.05) is 99.6 Å². The monoisotopic (exact) mass is 587 g/mol. The van der Waals surface area contributed by atoms with E-state index in [-0.39, 0.29) is 0 Å². The predicted octanol–water partition coefficient (Wildman–Crippen LogP) is 8.74. The molecule has 7 aromatic rings. The molecule has 0 unspecified atom stereocenters. The van der Waals surface area contributed by atoms with Crippen molar-refractivity contribution in [2.45, 2.75) is 6.92 Å². The minimum absolute atomic E-state index is 0.818. The normalized spacial score (nSPS) is 11.3. The Labute approximate surface area is 238 Å². The Bertz CT molecular complexity index is 1880. The van der Waals surface area contributed by atoms with Gasteiger partial charge in [0, 0.05) is 27.4 Å². The summed E-state index contributed by atoms with van der Waals surface area (Å²) in [6.45, 7) is 2.09. The van der Waals surface area contributed by atoms with Crippen LogP contribution in [0.3, 0.4) is 0 Å². The van der Waals surface area contributed by atoms with Gasteiger partial charge < -0.3 is 0 Å². The first-order valence-corrected chi connectivity index (χ1v) is 14.2. The van der Waals surface area contributed by atoms with Gasteiger partial charge in [-0.2, -0.15) is 10.2 Å². The lowest BCUT2D eigenvalue weighted by Gasteiger charge is -2.05. The van der Waals surface area contributed by atoms with Gasteiger partial charge in [-0.15, -0.1) is 0 Å². The highest BCUT2D eigenvalue weighted by Crippen LogP contribution is 2.37. The van der Waals surface area contributed by atoms with Gasteiger partial charge in [0.25, 0.3) is 0 Å². The molecule has 0 fully saturated rings. The van der Waals surface area contributed by atoms with E-state index in [1.165, 1.54) is 5.56 Å². The number of rotatable bonds is 5. The van der Waals surface area contributed by atoms with Gasteiger partial charge >= 0.3 is 0 Å². The SMILES string of the molecule is Cc1ccc(-c2cc(-c3cn(-c4ccccc4)nc3-c3ccc(Br)cc3)n(-c3nc4ccccc4s3)n2)cc1. The highest BCUT2D eigenvalue weighted by molar-refractivity contribution is 9.10. The number of aryl methyl sites for hydroxylation is 1. The number of nitrogens with zero attached hydrogens (tertiary/aromatic N) is 5. The molecule has 188 valence electrons. The summed E-state index contributed by atoms with van der Waals surface area (Å²) in [4.78, 5) is 4.95. The van der Waals surface area contributed by atoms with E-state index in [0.717, 1.165) is 59.3 Å². The highest BCUT2D eigenvalue weighted by atomic mass is 79.9. The van der Waals surface area contributed by atoms with Crippen molar-refractivity contribution in [2.75, 3.05) is 0 Å². The van der Waals surface area contributed by atoms with Crippen LogP contribution in [0, 0.1) is 6.92 Å². The van der Waals surface area contributed by atoms with Crippen LogP contribution in [-0.2, 0) is 0 Å². The van der Waals surface area contributed by atoms with Gasteiger partial charge in [0.15, 0.2) is 0 Å². The summed E-state index contributed by atoms with van der Waals surface area (Å²) in [5.74, 6) is 0. The average Bonchev–Trinajstić information content (AvgIpc) is 3.71. The first-order valence-electron chi connectivity index (χ1n) is 12.6. The summed E-state index contributed by atoms with van der Waals surface area (Å²) in [5, 5.41) is 11.0. The summed E-state index contributed by atoms with van der Waals surface area (Å²) in [6.07, 6.45) is 2.09. The van der Waals surface area contributed by atoms with Gasteiger partial charge in [-0.25, -0.2) is 14.3 Å². The maximum atomic E-state index is 5.10. The fourth-order valence-corrected chi connectivity index (χ4v) is 5.83. The largest absolute Gasteiger partial charge is 0.240 e. The minimum Gasteiger partial charge on any atom is -0.240 e. The van der Waals surface area contributed by atoms with E-state index in [4.69, 9.17) is 15.2 Å². The number of benzene rings is 4. The van der Waals surface area contributed by atoms with Gasteiger partial charge in [0.2, 0.25) is 5.13 Å². The molecule has 0 spiro atoms. The zero-order valence-corrected chi connectivity index (χ0v) is 23.4. The summed E-state index contributed by atoms with van der Waals surface area (Å²) in [6, 6.07) is 37.3. The number of aromatic nitrogens is 5. The molecule has 0 bridgehead atoms. The maximum Gasteiger partial charge on any atom is 0.212 e. The molecule has 0 aliphatic rings. The Hall–Kier alpha value is -4.33. The Balaban J connectivity index is 1.48. The second kappa shape index (κ2) is 9.76. The third kappa shape index (κ3) is 4.50. The van der Waals surface area contributed by atoms with Crippen LogP contribution < -0.4 is 0 Å². The van der Waals surface area contributed by atoms with Crippen molar-refractivity contribution in [3.8, 4) is 44.6 Å². The average molecular weight is 589 g/mol. The van der Waals surface area contributed by atoms with Crippen molar-refractivity contribution in [1.29, 1.82) is 0 Å². The number of fused-ring (bicyclic) bond motifs is 1. The van der Waals surface area contributed by atoms with E-state index in [2.05, 4.69) is 89.7 Å². The first-order chi connectivity index (χ1) is 19.1. The lowest BCUT2D eigenvalue weighted by atomic mass is 10.0. The molecular weight excluding hydrogens is 566 g/mol. The van der Waals surface area contributed by atoms with E-state index in [1.807, 2.05) is 57.9 Å². The molecule has 0 aliphatic heterocycles. The summed E-state index contributed by atoms with van der Waals surface area (Å²) >= 11 is 5.20. The Kier molecular flexibility index (Phi) is 5.95. The smallest absolute Gasteiger partial charge is 0.212 e. The van der Waals surface area contributed by atoms with Crippen LogP contribution in [0.2, 0.25) is 0 Å². The molecule has 0 saturated heterocycles. The van der Waals surface area contributed by atoms with Crippen LogP contribution in [0.1, 0.15) is 5.56 Å². The molecule has 0 saturated carbocycles. The van der Waals surface area contributed by atoms with Crippen molar-refractivity contribution in [3.63, 3.8) is 0 Å². The molecule has 0 amide bonds. The zero-order chi connectivity index (χ0) is 26.3. The fourth-order valence-electron chi connectivity index (χ4n) is 4.63. The molecule has 5 nitrogen and oxygen atoms in total. The number of para-hydroxylation sites is 2.